The molecule has 0 unspecified atom stereocenters. The summed E-state index contributed by atoms with van der Waals surface area (Å²) >= 11 is 1.39. The van der Waals surface area contributed by atoms with Crippen molar-refractivity contribution >= 4 is 28.3 Å². The van der Waals surface area contributed by atoms with E-state index in [-0.39, 0.29) is 12.5 Å². The average molecular weight is 346 g/mol. The monoisotopic (exact) mass is 346 g/mol. The number of aromatic nitrogens is 2. The van der Waals surface area contributed by atoms with E-state index in [1.54, 1.807) is 4.90 Å². The Bertz CT molecular complexity index is 701. The summed E-state index contributed by atoms with van der Waals surface area (Å²) in [6.45, 7) is 5.84. The molecule has 0 atom stereocenters. The maximum Gasteiger partial charge on any atom is 0.265 e. The molecular weight excluding hydrogens is 324 g/mol. The fraction of sp³-hybridized carbons (Fsp3) is 0.471. The van der Waals surface area contributed by atoms with Gasteiger partial charge in [0.25, 0.3) is 5.91 Å². The number of carbonyl (C=O) groups excluding carboxylic acids is 1. The first-order chi connectivity index (χ1) is 11.6. The Morgan fingerprint density at radius 3 is 3.04 bits per heavy atom. The third-order valence-electron chi connectivity index (χ3n) is 3.70. The summed E-state index contributed by atoms with van der Waals surface area (Å²) in [6.07, 6.45) is 1.73. The van der Waals surface area contributed by atoms with Gasteiger partial charge in [0, 0.05) is 31.0 Å². The van der Waals surface area contributed by atoms with E-state index in [1.165, 1.54) is 11.5 Å². The number of ether oxygens (including phenoxy) is 1. The number of anilines is 2. The van der Waals surface area contributed by atoms with Gasteiger partial charge in [-0.25, -0.2) is 4.98 Å². The Balaban J connectivity index is 1.50. The summed E-state index contributed by atoms with van der Waals surface area (Å²) in [4.78, 5) is 18.4. The average Bonchev–Trinajstić information content (AvgIpc) is 2.99. The number of benzene rings is 1. The van der Waals surface area contributed by atoms with Crippen molar-refractivity contribution in [2.45, 2.75) is 26.7 Å². The molecule has 128 valence electrons. The van der Waals surface area contributed by atoms with Crippen molar-refractivity contribution in [1.82, 2.24) is 9.36 Å². The van der Waals surface area contributed by atoms with E-state index < -0.39 is 0 Å². The Labute approximate surface area is 146 Å². The molecule has 0 saturated carbocycles. The second kappa shape index (κ2) is 7.61. The molecule has 1 aromatic carbocycles. The lowest BCUT2D eigenvalue weighted by Crippen LogP contribution is -2.39. The summed E-state index contributed by atoms with van der Waals surface area (Å²) in [5, 5.41) is 4.14. The largest absolute Gasteiger partial charge is 0.482 e. The zero-order valence-electron chi connectivity index (χ0n) is 14.0. The molecular formula is C17H22N4O2S. The van der Waals surface area contributed by atoms with Crippen molar-refractivity contribution in [3.8, 4) is 5.75 Å². The van der Waals surface area contributed by atoms with Crippen LogP contribution in [0.25, 0.3) is 0 Å². The second-order valence-electron chi connectivity index (χ2n) is 6.20. The summed E-state index contributed by atoms with van der Waals surface area (Å²) in [7, 11) is 0. The number of carbonyl (C=O) groups is 1. The van der Waals surface area contributed by atoms with Crippen LogP contribution in [0.15, 0.2) is 24.3 Å². The lowest BCUT2D eigenvalue weighted by atomic mass is 10.1. The van der Waals surface area contributed by atoms with Crippen LogP contribution >= 0.6 is 11.5 Å². The molecule has 1 N–H and O–H groups in total. The van der Waals surface area contributed by atoms with Gasteiger partial charge in [-0.2, -0.15) is 4.37 Å². The van der Waals surface area contributed by atoms with Gasteiger partial charge in [0.15, 0.2) is 6.61 Å². The van der Waals surface area contributed by atoms with Crippen LogP contribution < -0.4 is 15.0 Å². The topological polar surface area (TPSA) is 67.4 Å². The number of hydrogen-bond donors (Lipinski definition) is 1. The van der Waals surface area contributed by atoms with Crippen molar-refractivity contribution in [1.29, 1.82) is 0 Å². The number of fused-ring (bicyclic) bond motifs is 1. The highest BCUT2D eigenvalue weighted by Gasteiger charge is 2.24. The Hall–Kier alpha value is -2.15. The highest BCUT2D eigenvalue weighted by atomic mass is 32.1. The zero-order chi connectivity index (χ0) is 16.9. The maximum absolute atomic E-state index is 12.1. The molecule has 3 rings (SSSR count). The normalized spacial score (nSPS) is 13.8. The fourth-order valence-electron chi connectivity index (χ4n) is 2.61. The molecule has 6 nitrogen and oxygen atoms in total. The minimum absolute atomic E-state index is 0.00355. The second-order valence-corrected chi connectivity index (χ2v) is 6.95. The molecule has 0 radical (unpaired) electrons. The lowest BCUT2D eigenvalue weighted by molar-refractivity contribution is -0.121. The predicted molar refractivity (Wildman–Crippen MR) is 95.8 cm³/mol. The van der Waals surface area contributed by atoms with Crippen molar-refractivity contribution in [2.24, 2.45) is 5.92 Å². The van der Waals surface area contributed by atoms with Crippen LogP contribution in [-0.4, -0.2) is 35.0 Å². The van der Waals surface area contributed by atoms with Gasteiger partial charge in [-0.15, -0.1) is 0 Å². The van der Waals surface area contributed by atoms with Gasteiger partial charge in [-0.1, -0.05) is 26.0 Å². The van der Waals surface area contributed by atoms with Crippen LogP contribution in [0, 0.1) is 5.92 Å². The van der Waals surface area contributed by atoms with Crippen molar-refractivity contribution in [3.05, 3.63) is 30.1 Å². The number of amides is 1. The molecule has 1 aliphatic rings. The minimum Gasteiger partial charge on any atom is -0.482 e. The number of nitrogens with zero attached hydrogens (tertiary/aromatic N) is 3. The van der Waals surface area contributed by atoms with Gasteiger partial charge < -0.3 is 15.0 Å². The van der Waals surface area contributed by atoms with E-state index >= 15 is 0 Å². The number of nitrogens with one attached hydrogen (secondary N) is 1. The zero-order valence-corrected chi connectivity index (χ0v) is 14.8. The number of rotatable bonds is 7. The van der Waals surface area contributed by atoms with Crippen LogP contribution in [0.3, 0.4) is 0 Å². The Kier molecular flexibility index (Phi) is 5.30. The number of hydrogen-bond acceptors (Lipinski definition) is 6. The molecule has 0 aliphatic carbocycles. The van der Waals surface area contributed by atoms with Crippen LogP contribution in [0.2, 0.25) is 0 Å². The Morgan fingerprint density at radius 2 is 2.21 bits per heavy atom. The summed E-state index contributed by atoms with van der Waals surface area (Å²) in [5.74, 6) is 2.23. The van der Waals surface area contributed by atoms with Crippen molar-refractivity contribution in [3.63, 3.8) is 0 Å². The SMILES string of the molecule is CC(C)Cc1nsc(NCCCN2C(=O)COc3ccccc32)n1. The van der Waals surface area contributed by atoms with Gasteiger partial charge in [-0.3, -0.25) is 4.79 Å². The molecule has 2 heterocycles. The molecule has 1 aromatic heterocycles. The van der Waals surface area contributed by atoms with Gasteiger partial charge in [0.05, 0.1) is 5.69 Å². The molecule has 0 spiro atoms. The standard InChI is InChI=1S/C17H22N4O2S/c1-12(2)10-15-19-17(24-20-15)18-8-5-9-21-13-6-3-4-7-14(13)23-11-16(21)22/h3-4,6-7,12H,5,8-11H2,1-2H3,(H,18,19,20). The molecule has 7 heteroatoms. The van der Waals surface area contributed by atoms with Gasteiger partial charge in [0.2, 0.25) is 5.13 Å². The molecule has 2 aromatic rings. The molecule has 0 fully saturated rings. The van der Waals surface area contributed by atoms with Gasteiger partial charge in [0.1, 0.15) is 11.6 Å². The molecule has 1 aliphatic heterocycles. The molecule has 0 saturated heterocycles. The quantitative estimate of drug-likeness (QED) is 0.781. The first-order valence-electron chi connectivity index (χ1n) is 8.22. The highest BCUT2D eigenvalue weighted by molar-refractivity contribution is 7.09. The third kappa shape index (κ3) is 4.03. The van der Waals surface area contributed by atoms with E-state index in [0.717, 1.165) is 41.8 Å². The maximum atomic E-state index is 12.1. The lowest BCUT2D eigenvalue weighted by Gasteiger charge is -2.29. The van der Waals surface area contributed by atoms with E-state index in [9.17, 15) is 4.79 Å². The van der Waals surface area contributed by atoms with Crippen molar-refractivity contribution < 1.29 is 9.53 Å². The first-order valence-corrected chi connectivity index (χ1v) is 8.99. The van der Waals surface area contributed by atoms with E-state index in [2.05, 4.69) is 28.5 Å². The van der Waals surface area contributed by atoms with Gasteiger partial charge in [-0.05, 0) is 24.5 Å². The fourth-order valence-corrected chi connectivity index (χ4v) is 3.23. The highest BCUT2D eigenvalue weighted by Crippen LogP contribution is 2.31. The van der Waals surface area contributed by atoms with E-state index in [4.69, 9.17) is 4.74 Å². The van der Waals surface area contributed by atoms with E-state index in [1.807, 2.05) is 24.3 Å². The van der Waals surface area contributed by atoms with Crippen LogP contribution in [0.5, 0.6) is 5.75 Å². The predicted octanol–water partition coefficient (Wildman–Crippen LogP) is 2.96. The van der Waals surface area contributed by atoms with Crippen LogP contribution in [0.1, 0.15) is 26.1 Å². The number of para-hydroxylation sites is 2. The van der Waals surface area contributed by atoms with Gasteiger partial charge >= 0.3 is 0 Å². The van der Waals surface area contributed by atoms with Crippen LogP contribution in [-0.2, 0) is 11.2 Å². The minimum atomic E-state index is 0.00355. The van der Waals surface area contributed by atoms with Crippen molar-refractivity contribution in [2.75, 3.05) is 29.9 Å². The Morgan fingerprint density at radius 1 is 1.38 bits per heavy atom. The summed E-state index contributed by atoms with van der Waals surface area (Å²) in [6, 6.07) is 7.65. The summed E-state index contributed by atoms with van der Waals surface area (Å²) < 4.78 is 9.81. The smallest absolute Gasteiger partial charge is 0.265 e. The van der Waals surface area contributed by atoms with E-state index in [0.29, 0.717) is 12.5 Å². The molecule has 24 heavy (non-hydrogen) atoms. The molecule has 0 bridgehead atoms. The molecule has 1 amide bonds. The third-order valence-corrected chi connectivity index (χ3v) is 4.41. The van der Waals surface area contributed by atoms with Crippen LogP contribution in [0.4, 0.5) is 10.8 Å². The summed E-state index contributed by atoms with van der Waals surface area (Å²) in [5.41, 5.74) is 0.851. The first kappa shape index (κ1) is 16.7.